The summed E-state index contributed by atoms with van der Waals surface area (Å²) in [6.45, 7) is 6.17. The molecule has 0 saturated carbocycles. The minimum Gasteiger partial charge on any atom is -0.326 e. The number of nitrogens with zero attached hydrogens (tertiary/aromatic N) is 1. The Hall–Kier alpha value is -2.62. The maximum Gasteiger partial charge on any atom is 0.225 e. The van der Waals surface area contributed by atoms with Crippen LogP contribution in [0.2, 0.25) is 0 Å². The Morgan fingerprint density at radius 2 is 1.88 bits per heavy atom. The molecule has 124 valence electrons. The molecule has 0 aromatic heterocycles. The van der Waals surface area contributed by atoms with Crippen LogP contribution in [-0.2, 0) is 9.59 Å². The highest BCUT2D eigenvalue weighted by molar-refractivity contribution is 5.96. The molecule has 2 aromatic rings. The lowest BCUT2D eigenvalue weighted by Crippen LogP contribution is -2.28. The molecular formula is C20H22N2O2. The zero-order valence-electron chi connectivity index (χ0n) is 14.3. The van der Waals surface area contributed by atoms with Gasteiger partial charge in [-0.2, -0.15) is 0 Å². The maximum atomic E-state index is 12.5. The molecule has 24 heavy (non-hydrogen) atoms. The quantitative estimate of drug-likeness (QED) is 0.935. The van der Waals surface area contributed by atoms with Crippen LogP contribution in [0.15, 0.2) is 42.5 Å². The Morgan fingerprint density at radius 1 is 1.12 bits per heavy atom. The maximum absolute atomic E-state index is 12.5. The monoisotopic (exact) mass is 322 g/mol. The molecule has 0 fully saturated rings. The Morgan fingerprint density at radius 3 is 2.62 bits per heavy atom. The first-order valence-corrected chi connectivity index (χ1v) is 8.20. The van der Waals surface area contributed by atoms with Crippen LogP contribution in [0.1, 0.15) is 36.0 Å². The van der Waals surface area contributed by atoms with Crippen LogP contribution in [0, 0.1) is 13.8 Å². The van der Waals surface area contributed by atoms with E-state index >= 15 is 0 Å². The van der Waals surface area contributed by atoms with Crippen molar-refractivity contribution < 1.29 is 9.59 Å². The topological polar surface area (TPSA) is 49.4 Å². The van der Waals surface area contributed by atoms with Gasteiger partial charge in [0.05, 0.1) is 0 Å². The predicted octanol–water partition coefficient (Wildman–Crippen LogP) is 3.78. The molecule has 1 heterocycles. The molecule has 4 nitrogen and oxygen atoms in total. The van der Waals surface area contributed by atoms with E-state index in [1.807, 2.05) is 56.3 Å². The standard InChI is InChI=1S/C20H22N2O2/c1-13-7-6-9-18(14(13)2)21-20(24)11-16-12-22(15(3)23)19-10-5-4-8-17(16)19/h4-10,16H,11-12H2,1-3H3,(H,21,24). The van der Waals surface area contributed by atoms with Crippen LogP contribution in [0.3, 0.4) is 0 Å². The normalized spacial score (nSPS) is 16.0. The summed E-state index contributed by atoms with van der Waals surface area (Å²) in [4.78, 5) is 26.1. The van der Waals surface area contributed by atoms with Gasteiger partial charge in [0, 0.05) is 37.2 Å². The number of rotatable bonds is 3. The number of hydrogen-bond donors (Lipinski definition) is 1. The van der Waals surface area contributed by atoms with Crippen LogP contribution >= 0.6 is 0 Å². The summed E-state index contributed by atoms with van der Waals surface area (Å²) < 4.78 is 0. The Labute approximate surface area is 142 Å². The van der Waals surface area contributed by atoms with Gasteiger partial charge in [0.25, 0.3) is 0 Å². The third-order valence-electron chi connectivity index (χ3n) is 4.76. The Kier molecular flexibility index (Phi) is 4.38. The van der Waals surface area contributed by atoms with Gasteiger partial charge in [-0.15, -0.1) is 0 Å². The average molecular weight is 322 g/mol. The molecule has 3 rings (SSSR count). The van der Waals surface area contributed by atoms with Crippen molar-refractivity contribution in [3.63, 3.8) is 0 Å². The Balaban J connectivity index is 1.76. The zero-order chi connectivity index (χ0) is 17.3. The van der Waals surface area contributed by atoms with Crippen LogP contribution < -0.4 is 10.2 Å². The van der Waals surface area contributed by atoms with Crippen LogP contribution in [0.4, 0.5) is 11.4 Å². The predicted molar refractivity (Wildman–Crippen MR) is 96.4 cm³/mol. The van der Waals surface area contributed by atoms with E-state index in [1.165, 1.54) is 0 Å². The van der Waals surface area contributed by atoms with Gasteiger partial charge < -0.3 is 10.2 Å². The molecule has 1 N–H and O–H groups in total. The van der Waals surface area contributed by atoms with Crippen molar-refractivity contribution in [1.82, 2.24) is 0 Å². The largest absolute Gasteiger partial charge is 0.326 e. The fraction of sp³-hybridized carbons (Fsp3) is 0.300. The van der Waals surface area contributed by atoms with Gasteiger partial charge in [-0.25, -0.2) is 0 Å². The smallest absolute Gasteiger partial charge is 0.225 e. The molecular weight excluding hydrogens is 300 g/mol. The van der Waals surface area contributed by atoms with Crippen molar-refractivity contribution in [1.29, 1.82) is 0 Å². The summed E-state index contributed by atoms with van der Waals surface area (Å²) in [6.07, 6.45) is 0.369. The van der Waals surface area contributed by atoms with E-state index in [9.17, 15) is 9.59 Å². The lowest BCUT2D eigenvalue weighted by atomic mass is 9.97. The third kappa shape index (κ3) is 3.04. The molecule has 1 aliphatic heterocycles. The number of benzene rings is 2. The number of carbonyl (C=O) groups excluding carboxylic acids is 2. The van der Waals surface area contributed by atoms with E-state index < -0.39 is 0 Å². The lowest BCUT2D eigenvalue weighted by molar-refractivity contribution is -0.118. The van der Waals surface area contributed by atoms with E-state index in [4.69, 9.17) is 0 Å². The molecule has 1 unspecified atom stereocenters. The lowest BCUT2D eigenvalue weighted by Gasteiger charge is -2.15. The zero-order valence-corrected chi connectivity index (χ0v) is 14.3. The number of anilines is 2. The molecule has 0 saturated heterocycles. The van der Waals surface area contributed by atoms with Crippen molar-refractivity contribution >= 4 is 23.2 Å². The molecule has 0 spiro atoms. The number of nitrogens with one attached hydrogen (secondary N) is 1. The number of aryl methyl sites for hydroxylation is 1. The molecule has 2 amide bonds. The van der Waals surface area contributed by atoms with Crippen LogP contribution in [0.25, 0.3) is 0 Å². The van der Waals surface area contributed by atoms with Gasteiger partial charge in [-0.3, -0.25) is 9.59 Å². The SMILES string of the molecule is CC(=O)N1CC(CC(=O)Nc2cccc(C)c2C)c2ccccc21. The van der Waals surface area contributed by atoms with Crippen molar-refractivity contribution in [3.05, 3.63) is 59.2 Å². The second-order valence-corrected chi connectivity index (χ2v) is 6.39. The fourth-order valence-corrected chi connectivity index (χ4v) is 3.28. The molecule has 0 aliphatic carbocycles. The second kappa shape index (κ2) is 6.48. The third-order valence-corrected chi connectivity index (χ3v) is 4.76. The summed E-state index contributed by atoms with van der Waals surface area (Å²) in [5.41, 5.74) is 5.10. The first-order chi connectivity index (χ1) is 11.5. The molecule has 2 aromatic carbocycles. The minimum atomic E-state index is -0.0195. The van der Waals surface area contributed by atoms with Gasteiger partial charge in [0.15, 0.2) is 0 Å². The molecule has 1 atom stereocenters. The second-order valence-electron chi connectivity index (χ2n) is 6.39. The van der Waals surface area contributed by atoms with Gasteiger partial charge in [0.1, 0.15) is 0 Å². The summed E-state index contributed by atoms with van der Waals surface area (Å²) in [7, 11) is 0. The number of carbonyl (C=O) groups is 2. The first kappa shape index (κ1) is 16.2. The molecule has 4 heteroatoms. The highest BCUT2D eigenvalue weighted by atomic mass is 16.2. The fourth-order valence-electron chi connectivity index (χ4n) is 3.28. The summed E-state index contributed by atoms with van der Waals surface area (Å²) in [6, 6.07) is 13.7. The van der Waals surface area contributed by atoms with Crippen molar-refractivity contribution in [2.45, 2.75) is 33.1 Å². The van der Waals surface area contributed by atoms with Crippen molar-refractivity contribution in [2.75, 3.05) is 16.8 Å². The highest BCUT2D eigenvalue weighted by Gasteiger charge is 2.31. The summed E-state index contributed by atoms with van der Waals surface area (Å²) >= 11 is 0. The summed E-state index contributed by atoms with van der Waals surface area (Å²) in [5.74, 6) is 0.0315. The first-order valence-electron chi connectivity index (χ1n) is 8.20. The number of amides is 2. The van der Waals surface area contributed by atoms with Crippen LogP contribution in [0.5, 0.6) is 0 Å². The highest BCUT2D eigenvalue weighted by Crippen LogP contribution is 2.38. The van der Waals surface area contributed by atoms with E-state index in [-0.39, 0.29) is 17.7 Å². The van der Waals surface area contributed by atoms with E-state index in [0.29, 0.717) is 13.0 Å². The molecule has 0 radical (unpaired) electrons. The number of hydrogen-bond acceptors (Lipinski definition) is 2. The minimum absolute atomic E-state index is 0.0138. The van der Waals surface area contributed by atoms with Gasteiger partial charge in [-0.1, -0.05) is 30.3 Å². The van der Waals surface area contributed by atoms with Crippen molar-refractivity contribution in [3.8, 4) is 0 Å². The number of fused-ring (bicyclic) bond motifs is 1. The number of para-hydroxylation sites is 1. The molecule has 0 bridgehead atoms. The van der Waals surface area contributed by atoms with Crippen LogP contribution in [-0.4, -0.2) is 18.4 Å². The Bertz CT molecular complexity index is 798. The van der Waals surface area contributed by atoms with E-state index in [1.54, 1.807) is 11.8 Å². The summed E-state index contributed by atoms with van der Waals surface area (Å²) in [5, 5.41) is 3.01. The average Bonchev–Trinajstić information content (AvgIpc) is 2.91. The van der Waals surface area contributed by atoms with E-state index in [0.717, 1.165) is 28.1 Å². The van der Waals surface area contributed by atoms with E-state index in [2.05, 4.69) is 5.32 Å². The van der Waals surface area contributed by atoms with Gasteiger partial charge >= 0.3 is 0 Å². The van der Waals surface area contributed by atoms with Crippen molar-refractivity contribution in [2.24, 2.45) is 0 Å². The molecule has 1 aliphatic rings. The van der Waals surface area contributed by atoms with Gasteiger partial charge in [0.2, 0.25) is 11.8 Å². The van der Waals surface area contributed by atoms with Gasteiger partial charge in [-0.05, 0) is 42.7 Å².